The summed E-state index contributed by atoms with van der Waals surface area (Å²) in [6.07, 6.45) is 12.8. The second-order valence-corrected chi connectivity index (χ2v) is 8.83. The Morgan fingerprint density at radius 2 is 2.07 bits per heavy atom. The van der Waals surface area contributed by atoms with Crippen molar-refractivity contribution in [1.29, 1.82) is 0 Å². The quantitative estimate of drug-likeness (QED) is 0.723. The van der Waals surface area contributed by atoms with Crippen LogP contribution in [0.15, 0.2) is 36.8 Å². The lowest BCUT2D eigenvalue weighted by molar-refractivity contribution is -0.137. The Bertz CT molecular complexity index is 986. The number of aromatic amines is 1. The van der Waals surface area contributed by atoms with Crippen molar-refractivity contribution in [2.24, 2.45) is 11.8 Å². The van der Waals surface area contributed by atoms with Crippen molar-refractivity contribution in [3.63, 3.8) is 0 Å². The normalized spacial score (nSPS) is 23.1. The van der Waals surface area contributed by atoms with Gasteiger partial charge in [-0.3, -0.25) is 9.89 Å². The van der Waals surface area contributed by atoms with Gasteiger partial charge in [-0.25, -0.2) is 4.98 Å². The van der Waals surface area contributed by atoms with E-state index in [4.69, 9.17) is 4.98 Å². The number of carbonyl (C=O) groups is 1. The first-order chi connectivity index (χ1) is 14.2. The number of carbonyl (C=O) groups excluding carboxylic acids is 1. The molecule has 4 heterocycles. The number of hydrogen-bond acceptors (Lipinski definition) is 3. The zero-order valence-corrected chi connectivity index (χ0v) is 17.1. The maximum atomic E-state index is 13.0. The van der Waals surface area contributed by atoms with Gasteiger partial charge in [0.15, 0.2) is 0 Å². The van der Waals surface area contributed by atoms with Gasteiger partial charge in [-0.05, 0) is 50.3 Å². The number of pyridine rings is 1. The van der Waals surface area contributed by atoms with Gasteiger partial charge in [-0.1, -0.05) is 19.3 Å². The standard InChI is InChI=1S/C23H29N5O/c1-16-11-17(15-28(16)23(29)18-5-3-2-4-6-18)14-27-10-9-21-22(27)8-7-20(26-21)19-12-24-25-13-19/h7-10,12-13,16-18H,2-6,11,14-15H2,1H3,(H,24,25)/t16-,17?/m1/s1. The van der Waals surface area contributed by atoms with Crippen LogP contribution in [0, 0.1) is 11.8 Å². The van der Waals surface area contributed by atoms with Gasteiger partial charge >= 0.3 is 0 Å². The predicted octanol–water partition coefficient (Wildman–Crippen LogP) is 4.24. The molecule has 2 fully saturated rings. The first-order valence-corrected chi connectivity index (χ1v) is 10.9. The van der Waals surface area contributed by atoms with Crippen LogP contribution < -0.4 is 0 Å². The molecular weight excluding hydrogens is 362 g/mol. The molecule has 152 valence electrons. The van der Waals surface area contributed by atoms with Crippen LogP contribution >= 0.6 is 0 Å². The largest absolute Gasteiger partial charge is 0.346 e. The monoisotopic (exact) mass is 391 g/mol. The van der Waals surface area contributed by atoms with Crippen LogP contribution in [0.2, 0.25) is 0 Å². The molecule has 29 heavy (non-hydrogen) atoms. The summed E-state index contributed by atoms with van der Waals surface area (Å²) in [4.78, 5) is 20.0. The lowest BCUT2D eigenvalue weighted by atomic mass is 9.88. The average Bonchev–Trinajstić information content (AvgIpc) is 3.49. The molecule has 6 heteroatoms. The molecule has 1 aliphatic heterocycles. The maximum Gasteiger partial charge on any atom is 0.225 e. The Kier molecular flexibility index (Phi) is 4.86. The van der Waals surface area contributed by atoms with Crippen molar-refractivity contribution in [2.75, 3.05) is 6.54 Å². The van der Waals surface area contributed by atoms with Crippen LogP contribution in [0.25, 0.3) is 22.3 Å². The molecule has 1 saturated carbocycles. The van der Waals surface area contributed by atoms with Gasteiger partial charge in [0.25, 0.3) is 0 Å². The van der Waals surface area contributed by atoms with E-state index in [1.54, 1.807) is 6.20 Å². The molecule has 3 aromatic heterocycles. The number of likely N-dealkylation sites (tertiary alicyclic amines) is 1. The maximum absolute atomic E-state index is 13.0. The molecule has 0 spiro atoms. The summed E-state index contributed by atoms with van der Waals surface area (Å²) in [5.41, 5.74) is 4.09. The topological polar surface area (TPSA) is 66.8 Å². The van der Waals surface area contributed by atoms with Gasteiger partial charge in [-0.2, -0.15) is 5.10 Å². The molecule has 5 rings (SSSR count). The van der Waals surface area contributed by atoms with Crippen molar-refractivity contribution in [1.82, 2.24) is 24.6 Å². The molecule has 1 N–H and O–H groups in total. The molecule has 1 unspecified atom stereocenters. The molecule has 1 aliphatic carbocycles. The van der Waals surface area contributed by atoms with Gasteiger partial charge in [-0.15, -0.1) is 0 Å². The average molecular weight is 392 g/mol. The van der Waals surface area contributed by atoms with E-state index >= 15 is 0 Å². The van der Waals surface area contributed by atoms with Crippen molar-refractivity contribution < 1.29 is 4.79 Å². The zero-order valence-electron chi connectivity index (χ0n) is 17.1. The molecule has 1 saturated heterocycles. The number of aromatic nitrogens is 4. The van der Waals surface area contributed by atoms with Crippen LogP contribution in [0.3, 0.4) is 0 Å². The second-order valence-electron chi connectivity index (χ2n) is 8.83. The third kappa shape index (κ3) is 3.56. The minimum atomic E-state index is 0.267. The first kappa shape index (κ1) is 18.4. The van der Waals surface area contributed by atoms with Crippen LogP contribution in [0.1, 0.15) is 45.4 Å². The summed E-state index contributed by atoms with van der Waals surface area (Å²) in [7, 11) is 0. The molecule has 0 radical (unpaired) electrons. The molecular formula is C23H29N5O. The summed E-state index contributed by atoms with van der Waals surface area (Å²) in [6, 6.07) is 6.64. The van der Waals surface area contributed by atoms with Crippen LogP contribution in [-0.4, -0.2) is 43.1 Å². The van der Waals surface area contributed by atoms with E-state index in [0.717, 1.165) is 54.6 Å². The van der Waals surface area contributed by atoms with Gasteiger partial charge < -0.3 is 9.47 Å². The summed E-state index contributed by atoms with van der Waals surface area (Å²) >= 11 is 0. The predicted molar refractivity (Wildman–Crippen MR) is 113 cm³/mol. The molecule has 0 bridgehead atoms. The Hall–Kier alpha value is -2.63. The lowest BCUT2D eigenvalue weighted by Crippen LogP contribution is -2.39. The minimum absolute atomic E-state index is 0.267. The van der Waals surface area contributed by atoms with Crippen LogP contribution in [0.4, 0.5) is 0 Å². The highest BCUT2D eigenvalue weighted by molar-refractivity contribution is 5.80. The van der Waals surface area contributed by atoms with Crippen molar-refractivity contribution >= 4 is 16.9 Å². The number of hydrogen-bond donors (Lipinski definition) is 1. The Balaban J connectivity index is 1.29. The first-order valence-electron chi connectivity index (χ1n) is 10.9. The number of nitrogens with zero attached hydrogens (tertiary/aromatic N) is 4. The van der Waals surface area contributed by atoms with Crippen LogP contribution in [0.5, 0.6) is 0 Å². The van der Waals surface area contributed by atoms with E-state index in [1.807, 2.05) is 6.20 Å². The third-order valence-corrected chi connectivity index (χ3v) is 6.77. The third-order valence-electron chi connectivity index (χ3n) is 6.77. The van der Waals surface area contributed by atoms with Crippen LogP contribution in [-0.2, 0) is 11.3 Å². The van der Waals surface area contributed by atoms with E-state index in [2.05, 4.69) is 51.0 Å². The van der Waals surface area contributed by atoms with E-state index in [-0.39, 0.29) is 5.92 Å². The lowest BCUT2D eigenvalue weighted by Gasteiger charge is -2.29. The Labute approximate surface area is 171 Å². The zero-order chi connectivity index (χ0) is 19.8. The summed E-state index contributed by atoms with van der Waals surface area (Å²) in [5, 5.41) is 6.86. The van der Waals surface area contributed by atoms with Gasteiger partial charge in [0.1, 0.15) is 0 Å². The van der Waals surface area contributed by atoms with E-state index in [1.165, 1.54) is 19.3 Å². The molecule has 1 amide bonds. The molecule has 0 aromatic carbocycles. The molecule has 2 atom stereocenters. The fourth-order valence-corrected chi connectivity index (χ4v) is 5.23. The number of rotatable bonds is 4. The minimum Gasteiger partial charge on any atom is -0.346 e. The highest BCUT2D eigenvalue weighted by Crippen LogP contribution is 2.32. The fourth-order valence-electron chi connectivity index (χ4n) is 5.23. The van der Waals surface area contributed by atoms with Crippen molar-refractivity contribution in [3.8, 4) is 11.3 Å². The van der Waals surface area contributed by atoms with E-state index < -0.39 is 0 Å². The van der Waals surface area contributed by atoms with E-state index in [9.17, 15) is 4.79 Å². The fraction of sp³-hybridized carbons (Fsp3) is 0.522. The molecule has 6 nitrogen and oxygen atoms in total. The number of amides is 1. The summed E-state index contributed by atoms with van der Waals surface area (Å²) < 4.78 is 2.30. The summed E-state index contributed by atoms with van der Waals surface area (Å²) in [6.45, 7) is 4.04. The SMILES string of the molecule is C[C@@H]1CC(Cn2ccc3nc(-c4cn[nH]c4)ccc32)CN1C(=O)C1CCCCC1. The molecule has 3 aromatic rings. The highest BCUT2D eigenvalue weighted by atomic mass is 16.2. The van der Waals surface area contributed by atoms with Gasteiger partial charge in [0, 0.05) is 43.0 Å². The highest BCUT2D eigenvalue weighted by Gasteiger charge is 2.36. The van der Waals surface area contributed by atoms with E-state index in [0.29, 0.717) is 17.9 Å². The van der Waals surface area contributed by atoms with Crippen molar-refractivity contribution in [3.05, 3.63) is 36.8 Å². The molecule has 2 aliphatic rings. The summed E-state index contributed by atoms with van der Waals surface area (Å²) in [5.74, 6) is 1.17. The Morgan fingerprint density at radius 1 is 1.21 bits per heavy atom. The van der Waals surface area contributed by atoms with Gasteiger partial charge in [0.2, 0.25) is 5.91 Å². The Morgan fingerprint density at radius 3 is 2.86 bits per heavy atom. The smallest absolute Gasteiger partial charge is 0.225 e. The number of fused-ring (bicyclic) bond motifs is 1. The number of H-pyrrole nitrogens is 1. The number of nitrogens with one attached hydrogen (secondary N) is 1. The van der Waals surface area contributed by atoms with Crippen molar-refractivity contribution in [2.45, 2.75) is 58.0 Å². The second kappa shape index (κ2) is 7.65. The van der Waals surface area contributed by atoms with Gasteiger partial charge in [0.05, 0.1) is 22.9 Å².